The van der Waals surface area contributed by atoms with Crippen LogP contribution in [0.25, 0.3) is 0 Å². The summed E-state index contributed by atoms with van der Waals surface area (Å²) in [6.07, 6.45) is 11.2. The van der Waals surface area contributed by atoms with Crippen LogP contribution < -0.4 is 4.74 Å². The molecule has 0 aromatic heterocycles. The lowest BCUT2D eigenvalue weighted by atomic mass is 9.84. The van der Waals surface area contributed by atoms with Gasteiger partial charge < -0.3 is 14.7 Å². The molecule has 2 aliphatic heterocycles. The maximum atomic E-state index is 13.6. The van der Waals surface area contributed by atoms with E-state index in [2.05, 4.69) is 34.1 Å². The minimum absolute atomic E-state index is 0.0136. The second-order valence-corrected chi connectivity index (χ2v) is 10.6. The molecule has 1 atom stereocenters. The summed E-state index contributed by atoms with van der Waals surface area (Å²) in [6.45, 7) is 4.83. The molecule has 1 N–H and O–H groups in total. The van der Waals surface area contributed by atoms with Crippen molar-refractivity contribution in [2.45, 2.75) is 70.3 Å². The number of piperidine rings is 1. The average molecular weight is 477 g/mol. The Labute approximate surface area is 210 Å². The topological polar surface area (TPSA) is 53.0 Å². The van der Waals surface area contributed by atoms with Crippen LogP contribution in [0.15, 0.2) is 42.5 Å². The molecule has 5 rings (SSSR count). The highest BCUT2D eigenvalue weighted by atomic mass is 16.5. The molecule has 2 fully saturated rings. The quantitative estimate of drug-likeness (QED) is 0.573. The Balaban J connectivity index is 1.27. The lowest BCUT2D eigenvalue weighted by Gasteiger charge is -2.40. The van der Waals surface area contributed by atoms with Gasteiger partial charge in [0.15, 0.2) is 0 Å². The average Bonchev–Trinajstić information content (AvgIpc) is 2.90. The van der Waals surface area contributed by atoms with Gasteiger partial charge in [0.2, 0.25) is 5.91 Å². The zero-order valence-electron chi connectivity index (χ0n) is 21.0. The Morgan fingerprint density at radius 1 is 0.914 bits per heavy atom. The number of likely N-dealkylation sites (tertiary alicyclic amines) is 1. The largest absolute Gasteiger partial charge is 0.508 e. The first-order valence-corrected chi connectivity index (χ1v) is 13.7. The summed E-state index contributed by atoms with van der Waals surface area (Å²) in [5, 5.41) is 10.0. The van der Waals surface area contributed by atoms with Gasteiger partial charge in [-0.3, -0.25) is 9.69 Å². The van der Waals surface area contributed by atoms with E-state index in [0.29, 0.717) is 11.7 Å². The molecule has 1 amide bonds. The van der Waals surface area contributed by atoms with Crippen LogP contribution in [0.1, 0.15) is 74.1 Å². The van der Waals surface area contributed by atoms with Gasteiger partial charge in [-0.1, -0.05) is 43.9 Å². The van der Waals surface area contributed by atoms with Crippen molar-refractivity contribution in [3.63, 3.8) is 0 Å². The van der Waals surface area contributed by atoms with Gasteiger partial charge in [0.25, 0.3) is 0 Å². The molecule has 5 heteroatoms. The van der Waals surface area contributed by atoms with Crippen LogP contribution in [-0.4, -0.2) is 53.6 Å². The van der Waals surface area contributed by atoms with Gasteiger partial charge in [0.05, 0.1) is 6.04 Å². The molecule has 5 nitrogen and oxygen atoms in total. The zero-order valence-corrected chi connectivity index (χ0v) is 21.0. The number of hydrogen-bond donors (Lipinski definition) is 1. The number of hydrogen-bond acceptors (Lipinski definition) is 4. The third-order valence-electron chi connectivity index (χ3n) is 8.20. The first-order chi connectivity index (χ1) is 17.2. The number of phenols is 1. The minimum Gasteiger partial charge on any atom is -0.508 e. The summed E-state index contributed by atoms with van der Waals surface area (Å²) in [5.41, 5.74) is 3.56. The van der Waals surface area contributed by atoms with Crippen molar-refractivity contribution < 1.29 is 14.6 Å². The van der Waals surface area contributed by atoms with E-state index in [4.69, 9.17) is 4.74 Å². The van der Waals surface area contributed by atoms with Crippen LogP contribution in [0.3, 0.4) is 0 Å². The van der Waals surface area contributed by atoms with Crippen molar-refractivity contribution in [2.75, 3.05) is 32.8 Å². The third-order valence-corrected chi connectivity index (χ3v) is 8.20. The number of carbonyl (C=O) groups is 1. The Kier molecular flexibility index (Phi) is 7.92. The molecule has 1 aliphatic carbocycles. The SMILES string of the molecule is O=C(C1CCCCC1)N1CCc2cc(O)ccc2C1Cc1ccc(OCCN2CCCCC2)cc1. The molecule has 2 heterocycles. The van der Waals surface area contributed by atoms with Crippen molar-refractivity contribution in [3.8, 4) is 11.5 Å². The zero-order chi connectivity index (χ0) is 24.0. The summed E-state index contributed by atoms with van der Waals surface area (Å²) < 4.78 is 6.03. The predicted molar refractivity (Wildman–Crippen MR) is 139 cm³/mol. The van der Waals surface area contributed by atoms with Gasteiger partial charge in [-0.05, 0) is 92.6 Å². The molecule has 1 saturated heterocycles. The molecule has 1 unspecified atom stereocenters. The number of carbonyl (C=O) groups excluding carboxylic acids is 1. The monoisotopic (exact) mass is 476 g/mol. The van der Waals surface area contributed by atoms with Gasteiger partial charge in [0, 0.05) is 19.0 Å². The van der Waals surface area contributed by atoms with Crippen molar-refractivity contribution in [1.82, 2.24) is 9.80 Å². The van der Waals surface area contributed by atoms with E-state index in [1.807, 2.05) is 12.1 Å². The van der Waals surface area contributed by atoms with E-state index in [-0.39, 0.29) is 12.0 Å². The number of benzene rings is 2. The van der Waals surface area contributed by atoms with Crippen molar-refractivity contribution in [3.05, 3.63) is 59.2 Å². The highest BCUT2D eigenvalue weighted by molar-refractivity contribution is 5.80. The fourth-order valence-corrected chi connectivity index (χ4v) is 6.19. The fraction of sp³-hybridized carbons (Fsp3) is 0.567. The van der Waals surface area contributed by atoms with Crippen LogP contribution in [0, 0.1) is 5.92 Å². The van der Waals surface area contributed by atoms with Crippen LogP contribution in [0.4, 0.5) is 0 Å². The maximum Gasteiger partial charge on any atom is 0.226 e. The summed E-state index contributed by atoms with van der Waals surface area (Å²) in [5.74, 6) is 1.71. The van der Waals surface area contributed by atoms with E-state index in [0.717, 1.165) is 51.1 Å². The number of ether oxygens (including phenoxy) is 1. The first kappa shape index (κ1) is 24.2. The van der Waals surface area contributed by atoms with Crippen LogP contribution >= 0.6 is 0 Å². The maximum absolute atomic E-state index is 13.6. The summed E-state index contributed by atoms with van der Waals surface area (Å²) in [6, 6.07) is 14.1. The van der Waals surface area contributed by atoms with Crippen LogP contribution in [0.2, 0.25) is 0 Å². The molecular weight excluding hydrogens is 436 g/mol. The second kappa shape index (κ2) is 11.5. The van der Waals surface area contributed by atoms with Gasteiger partial charge in [-0.25, -0.2) is 0 Å². The van der Waals surface area contributed by atoms with Crippen molar-refractivity contribution >= 4 is 5.91 Å². The highest BCUT2D eigenvalue weighted by Gasteiger charge is 2.35. The normalized spacial score (nSPS) is 21.5. The number of amides is 1. The third kappa shape index (κ3) is 6.00. The summed E-state index contributed by atoms with van der Waals surface area (Å²) >= 11 is 0. The molecule has 1 saturated carbocycles. The number of fused-ring (bicyclic) bond motifs is 1. The number of rotatable bonds is 7. The van der Waals surface area contributed by atoms with E-state index >= 15 is 0 Å². The summed E-state index contributed by atoms with van der Waals surface area (Å²) in [4.78, 5) is 18.2. The molecule has 0 bridgehead atoms. The minimum atomic E-state index is 0.0136. The Bertz CT molecular complexity index is 978. The molecular formula is C30H40N2O3. The van der Waals surface area contributed by atoms with E-state index in [1.165, 1.54) is 68.3 Å². The standard InChI is InChI=1S/C30H40N2O3/c33-26-11-14-28-25(22-26)15-18-32(30(34)24-7-3-1-4-8-24)29(28)21-23-9-12-27(13-10-23)35-20-19-31-16-5-2-6-17-31/h9-14,22,24,29,33H,1-8,15-21H2. The highest BCUT2D eigenvalue weighted by Crippen LogP contribution is 2.37. The van der Waals surface area contributed by atoms with Gasteiger partial charge >= 0.3 is 0 Å². The van der Waals surface area contributed by atoms with Crippen LogP contribution in [0.5, 0.6) is 11.5 Å². The number of aromatic hydroxyl groups is 1. The number of phenolic OH excluding ortho intramolecular Hbond substituents is 1. The first-order valence-electron chi connectivity index (χ1n) is 13.7. The van der Waals surface area contributed by atoms with E-state index in [9.17, 15) is 9.90 Å². The van der Waals surface area contributed by atoms with E-state index < -0.39 is 0 Å². The molecule has 2 aromatic carbocycles. The molecule has 0 radical (unpaired) electrons. The van der Waals surface area contributed by atoms with Gasteiger partial charge in [0.1, 0.15) is 18.1 Å². The van der Waals surface area contributed by atoms with Crippen molar-refractivity contribution in [1.29, 1.82) is 0 Å². The lowest BCUT2D eigenvalue weighted by molar-refractivity contribution is -0.139. The second-order valence-electron chi connectivity index (χ2n) is 10.6. The number of nitrogens with zero attached hydrogens (tertiary/aromatic N) is 2. The Morgan fingerprint density at radius 3 is 2.43 bits per heavy atom. The molecule has 3 aliphatic rings. The predicted octanol–water partition coefficient (Wildman–Crippen LogP) is 5.51. The van der Waals surface area contributed by atoms with Gasteiger partial charge in [-0.15, -0.1) is 0 Å². The Morgan fingerprint density at radius 2 is 1.66 bits per heavy atom. The smallest absolute Gasteiger partial charge is 0.226 e. The Hall–Kier alpha value is -2.53. The molecule has 188 valence electrons. The van der Waals surface area contributed by atoms with Crippen LogP contribution in [-0.2, 0) is 17.6 Å². The molecule has 0 spiro atoms. The van der Waals surface area contributed by atoms with Crippen molar-refractivity contribution in [2.24, 2.45) is 5.92 Å². The molecule has 35 heavy (non-hydrogen) atoms. The van der Waals surface area contributed by atoms with E-state index in [1.54, 1.807) is 6.07 Å². The summed E-state index contributed by atoms with van der Waals surface area (Å²) in [7, 11) is 0. The fourth-order valence-electron chi connectivity index (χ4n) is 6.19. The lowest BCUT2D eigenvalue weighted by Crippen LogP contribution is -2.44. The molecule has 2 aromatic rings. The van der Waals surface area contributed by atoms with Gasteiger partial charge in [-0.2, -0.15) is 0 Å².